The lowest BCUT2D eigenvalue weighted by atomic mass is 10.0. The van der Waals surface area contributed by atoms with Crippen LogP contribution in [0.2, 0.25) is 5.02 Å². The number of halogens is 1. The Morgan fingerprint density at radius 1 is 0.972 bits per heavy atom. The molecule has 0 unspecified atom stereocenters. The number of aromatic nitrogens is 2. The lowest BCUT2D eigenvalue weighted by molar-refractivity contribution is -0.137. The maximum atomic E-state index is 13.2. The molecule has 36 heavy (non-hydrogen) atoms. The number of carbonyl (C=O) groups excluding carboxylic acids is 2. The van der Waals surface area contributed by atoms with Gasteiger partial charge >= 0.3 is 5.97 Å². The van der Waals surface area contributed by atoms with Crippen LogP contribution in [0, 0.1) is 0 Å². The molecule has 2 N–H and O–H groups in total. The molecule has 0 bridgehead atoms. The third-order valence-electron chi connectivity index (χ3n) is 5.53. The highest BCUT2D eigenvalue weighted by molar-refractivity contribution is 6.30. The van der Waals surface area contributed by atoms with Gasteiger partial charge in [-0.25, -0.2) is 4.68 Å². The molecule has 0 aliphatic rings. The van der Waals surface area contributed by atoms with Gasteiger partial charge in [-0.3, -0.25) is 19.3 Å². The summed E-state index contributed by atoms with van der Waals surface area (Å²) in [6, 6.07) is 25.2. The number of rotatable bonds is 8. The summed E-state index contributed by atoms with van der Waals surface area (Å²) in [6.07, 6.45) is -0.343. The molecular formula is C27H23ClN4O4. The number of nitrogens with one attached hydrogen (secondary N) is 1. The van der Waals surface area contributed by atoms with Crippen molar-refractivity contribution in [2.45, 2.75) is 12.5 Å². The lowest BCUT2D eigenvalue weighted by Gasteiger charge is -2.18. The first-order chi connectivity index (χ1) is 17.3. The third-order valence-corrected chi connectivity index (χ3v) is 5.76. The molecule has 0 aliphatic heterocycles. The van der Waals surface area contributed by atoms with Gasteiger partial charge in [0.05, 0.1) is 18.2 Å². The number of para-hydroxylation sites is 1. The molecule has 4 rings (SSSR count). The average molecular weight is 503 g/mol. The summed E-state index contributed by atoms with van der Waals surface area (Å²) in [5, 5.41) is 17.0. The molecule has 1 atom stereocenters. The third kappa shape index (κ3) is 5.61. The van der Waals surface area contributed by atoms with Crippen LogP contribution in [0.4, 0.5) is 5.82 Å². The van der Waals surface area contributed by atoms with Gasteiger partial charge in [-0.05, 0) is 42.0 Å². The second-order valence-electron chi connectivity index (χ2n) is 8.04. The molecule has 4 aromatic rings. The van der Waals surface area contributed by atoms with Crippen LogP contribution in [-0.2, 0) is 4.79 Å². The topological polar surface area (TPSA) is 105 Å². The minimum atomic E-state index is -1.08. The van der Waals surface area contributed by atoms with E-state index in [9.17, 15) is 19.5 Å². The number of hydrogen-bond donors (Lipinski definition) is 2. The van der Waals surface area contributed by atoms with Gasteiger partial charge in [0.25, 0.3) is 11.8 Å². The molecule has 182 valence electrons. The van der Waals surface area contributed by atoms with Crippen molar-refractivity contribution in [2.24, 2.45) is 0 Å². The number of anilines is 1. The lowest BCUT2D eigenvalue weighted by Crippen LogP contribution is -2.30. The van der Waals surface area contributed by atoms with Gasteiger partial charge in [-0.2, -0.15) is 5.10 Å². The largest absolute Gasteiger partial charge is 0.481 e. The highest BCUT2D eigenvalue weighted by Crippen LogP contribution is 2.24. The Morgan fingerprint density at radius 2 is 1.64 bits per heavy atom. The molecule has 9 heteroatoms. The van der Waals surface area contributed by atoms with Gasteiger partial charge in [0, 0.05) is 23.7 Å². The Labute approximate surface area is 212 Å². The highest BCUT2D eigenvalue weighted by Gasteiger charge is 2.25. The second-order valence-corrected chi connectivity index (χ2v) is 8.48. The Bertz CT molecular complexity index is 1390. The number of carbonyl (C=O) groups is 3. The van der Waals surface area contributed by atoms with Crippen LogP contribution in [-0.4, -0.2) is 39.7 Å². The second kappa shape index (κ2) is 10.9. The fourth-order valence-corrected chi connectivity index (χ4v) is 3.94. The van der Waals surface area contributed by atoms with E-state index in [-0.39, 0.29) is 18.0 Å². The first kappa shape index (κ1) is 24.7. The summed E-state index contributed by atoms with van der Waals surface area (Å²) in [5.74, 6) is -1.57. The van der Waals surface area contributed by atoms with Crippen molar-refractivity contribution in [3.05, 3.63) is 113 Å². The number of carboxylic acids is 1. The zero-order chi connectivity index (χ0) is 25.7. The number of hydrogen-bond acceptors (Lipinski definition) is 4. The Hall–Kier alpha value is -4.43. The summed E-state index contributed by atoms with van der Waals surface area (Å²) in [6.45, 7) is 0. The van der Waals surface area contributed by atoms with E-state index in [1.807, 2.05) is 24.3 Å². The number of nitrogens with zero attached hydrogens (tertiary/aromatic N) is 3. The smallest absolute Gasteiger partial charge is 0.305 e. The summed E-state index contributed by atoms with van der Waals surface area (Å²) in [7, 11) is 1.60. The predicted molar refractivity (Wildman–Crippen MR) is 137 cm³/mol. The van der Waals surface area contributed by atoms with E-state index in [1.54, 1.807) is 67.7 Å². The van der Waals surface area contributed by atoms with Crippen LogP contribution < -0.4 is 10.2 Å². The number of aliphatic carboxylic acids is 1. The molecule has 1 aromatic heterocycles. The highest BCUT2D eigenvalue weighted by atomic mass is 35.5. The van der Waals surface area contributed by atoms with Gasteiger partial charge in [0.15, 0.2) is 5.69 Å². The Kier molecular flexibility index (Phi) is 7.46. The molecule has 0 fully saturated rings. The van der Waals surface area contributed by atoms with E-state index in [1.165, 1.54) is 15.6 Å². The van der Waals surface area contributed by atoms with Crippen molar-refractivity contribution in [2.75, 3.05) is 11.9 Å². The summed E-state index contributed by atoms with van der Waals surface area (Å²) >= 11 is 6.07. The van der Waals surface area contributed by atoms with Gasteiger partial charge in [0.1, 0.15) is 5.82 Å². The van der Waals surface area contributed by atoms with E-state index < -0.39 is 17.9 Å². The normalized spacial score (nSPS) is 11.5. The van der Waals surface area contributed by atoms with Crippen molar-refractivity contribution >= 4 is 35.2 Å². The molecular weight excluding hydrogens is 480 g/mol. The van der Waals surface area contributed by atoms with Gasteiger partial charge in [-0.1, -0.05) is 60.1 Å². The molecule has 0 saturated carbocycles. The zero-order valence-corrected chi connectivity index (χ0v) is 20.1. The Morgan fingerprint density at radius 3 is 2.28 bits per heavy atom. The van der Waals surface area contributed by atoms with Gasteiger partial charge in [0.2, 0.25) is 0 Å². The maximum absolute atomic E-state index is 13.2. The van der Waals surface area contributed by atoms with Crippen LogP contribution in [0.15, 0.2) is 91.0 Å². The minimum Gasteiger partial charge on any atom is -0.481 e. The van der Waals surface area contributed by atoms with Crippen molar-refractivity contribution in [1.82, 2.24) is 15.1 Å². The van der Waals surface area contributed by atoms with E-state index in [0.29, 0.717) is 27.7 Å². The number of carboxylic acid groups (broad SMARTS) is 1. The summed E-state index contributed by atoms with van der Waals surface area (Å²) in [5.41, 5.74) is 1.71. The molecule has 2 amide bonds. The average Bonchev–Trinajstić information content (AvgIpc) is 3.34. The van der Waals surface area contributed by atoms with E-state index in [0.717, 1.165) is 0 Å². The molecule has 0 spiro atoms. The van der Waals surface area contributed by atoms with Crippen LogP contribution >= 0.6 is 11.6 Å². The standard InChI is InChI=1S/C27H23ClN4O4/c1-31(27(36)18-9-4-2-5-10-18)24-16-23(30-32(24)21-13-6-3-7-14-21)26(35)29-22(17-25(33)34)19-11-8-12-20(28)15-19/h2-16,22H,17H2,1H3,(H,29,35)(H,33,34)/t22-/m0/s1. The van der Waals surface area contributed by atoms with Crippen molar-refractivity contribution in [3.8, 4) is 5.69 Å². The number of amides is 2. The molecule has 0 aliphatic carbocycles. The molecule has 3 aromatic carbocycles. The zero-order valence-electron chi connectivity index (χ0n) is 19.3. The molecule has 1 heterocycles. The van der Waals surface area contributed by atoms with E-state index in [4.69, 9.17) is 11.6 Å². The fourth-order valence-electron chi connectivity index (χ4n) is 3.74. The van der Waals surface area contributed by atoms with Crippen LogP contribution in [0.25, 0.3) is 5.69 Å². The fraction of sp³-hybridized carbons (Fsp3) is 0.111. The summed E-state index contributed by atoms with van der Waals surface area (Å²) < 4.78 is 1.50. The van der Waals surface area contributed by atoms with E-state index in [2.05, 4.69) is 10.4 Å². The quantitative estimate of drug-likeness (QED) is 0.362. The Balaban J connectivity index is 1.69. The monoisotopic (exact) mass is 502 g/mol. The molecule has 8 nitrogen and oxygen atoms in total. The SMILES string of the molecule is CN(C(=O)c1ccccc1)c1cc(C(=O)N[C@@H](CC(=O)O)c2cccc(Cl)c2)nn1-c1ccccc1. The number of benzene rings is 3. The van der Waals surface area contributed by atoms with Crippen molar-refractivity contribution in [3.63, 3.8) is 0 Å². The first-order valence-electron chi connectivity index (χ1n) is 11.1. The van der Waals surface area contributed by atoms with Crippen LogP contribution in [0.5, 0.6) is 0 Å². The molecule has 0 radical (unpaired) electrons. The van der Waals surface area contributed by atoms with Gasteiger partial charge < -0.3 is 10.4 Å². The van der Waals surface area contributed by atoms with Crippen LogP contribution in [0.1, 0.15) is 38.9 Å². The predicted octanol–water partition coefficient (Wildman–Crippen LogP) is 4.75. The first-order valence-corrected chi connectivity index (χ1v) is 11.5. The van der Waals surface area contributed by atoms with E-state index >= 15 is 0 Å². The minimum absolute atomic E-state index is 0.0268. The maximum Gasteiger partial charge on any atom is 0.305 e. The van der Waals surface area contributed by atoms with Crippen molar-refractivity contribution in [1.29, 1.82) is 0 Å². The van der Waals surface area contributed by atoms with Crippen molar-refractivity contribution < 1.29 is 19.5 Å². The van der Waals surface area contributed by atoms with Gasteiger partial charge in [-0.15, -0.1) is 0 Å². The van der Waals surface area contributed by atoms with Crippen LogP contribution in [0.3, 0.4) is 0 Å². The summed E-state index contributed by atoms with van der Waals surface area (Å²) in [4.78, 5) is 39.3. The molecule has 0 saturated heterocycles.